The van der Waals surface area contributed by atoms with Gasteiger partial charge in [-0.1, -0.05) is 11.6 Å². The predicted molar refractivity (Wildman–Crippen MR) is 122 cm³/mol. The van der Waals surface area contributed by atoms with Crippen molar-refractivity contribution in [2.24, 2.45) is 0 Å². The first-order valence-corrected chi connectivity index (χ1v) is 11.3. The van der Waals surface area contributed by atoms with Crippen LogP contribution in [0.5, 0.6) is 0 Å². The largest absolute Gasteiger partial charge is 0.483 e. The number of halogens is 3. The molecule has 31 heavy (non-hydrogen) atoms. The summed E-state index contributed by atoms with van der Waals surface area (Å²) in [6.07, 6.45) is 1.95. The number of carbonyl (C=O) groups is 1. The molecule has 0 unspecified atom stereocenters. The van der Waals surface area contributed by atoms with Crippen LogP contribution in [0.2, 0.25) is 5.02 Å². The van der Waals surface area contributed by atoms with Gasteiger partial charge in [0, 0.05) is 41.3 Å². The third-order valence-corrected chi connectivity index (χ3v) is 7.02. The van der Waals surface area contributed by atoms with Crippen LogP contribution in [0, 0.1) is 18.6 Å². The van der Waals surface area contributed by atoms with E-state index in [4.69, 9.17) is 21.5 Å². The zero-order valence-electron chi connectivity index (χ0n) is 17.4. The molecule has 1 saturated heterocycles. The molecule has 1 aliphatic heterocycles. The molecule has 0 aliphatic carbocycles. The molecule has 4 rings (SSSR count). The lowest BCUT2D eigenvalue weighted by Crippen LogP contribution is -2.27. The fourth-order valence-electron chi connectivity index (χ4n) is 4.33. The Morgan fingerprint density at radius 2 is 1.87 bits per heavy atom. The van der Waals surface area contributed by atoms with Gasteiger partial charge in [0.2, 0.25) is 0 Å². The van der Waals surface area contributed by atoms with Crippen LogP contribution in [0.4, 0.5) is 8.78 Å². The summed E-state index contributed by atoms with van der Waals surface area (Å²) in [5, 5.41) is 8.34. The van der Waals surface area contributed by atoms with Crippen LogP contribution in [-0.4, -0.2) is 33.5 Å². The number of piperidine rings is 1. The van der Waals surface area contributed by atoms with Crippen LogP contribution in [0.15, 0.2) is 41.3 Å². The first kappa shape index (κ1) is 23.6. The SMILES string of the molecule is CCn1c(C)c(C2CCN(Sc3ccc(Cl)cc3F)CC2)c2cc(F)ccc21.O=CO. The molecule has 0 saturated carbocycles. The van der Waals surface area contributed by atoms with Crippen molar-refractivity contribution < 1.29 is 18.7 Å². The Bertz CT molecular complexity index is 1070. The molecule has 0 atom stereocenters. The highest BCUT2D eigenvalue weighted by Crippen LogP contribution is 2.40. The van der Waals surface area contributed by atoms with Crippen molar-refractivity contribution in [1.82, 2.24) is 8.87 Å². The average molecular weight is 467 g/mol. The topological polar surface area (TPSA) is 45.5 Å². The van der Waals surface area contributed by atoms with Gasteiger partial charge in [0.15, 0.2) is 0 Å². The predicted octanol–water partition coefficient (Wildman–Crippen LogP) is 6.49. The van der Waals surface area contributed by atoms with E-state index in [1.807, 2.05) is 6.07 Å². The van der Waals surface area contributed by atoms with Crippen LogP contribution in [-0.2, 0) is 11.3 Å². The van der Waals surface area contributed by atoms with Crippen molar-refractivity contribution in [2.75, 3.05) is 13.1 Å². The molecule has 3 aromatic rings. The van der Waals surface area contributed by atoms with Gasteiger partial charge in [-0.2, -0.15) is 0 Å². The summed E-state index contributed by atoms with van der Waals surface area (Å²) >= 11 is 7.29. The number of hydrogen-bond acceptors (Lipinski definition) is 3. The first-order valence-electron chi connectivity index (χ1n) is 10.1. The Labute approximate surface area is 189 Å². The lowest BCUT2D eigenvalue weighted by atomic mass is 9.88. The minimum Gasteiger partial charge on any atom is -0.483 e. The first-order chi connectivity index (χ1) is 14.9. The normalized spacial score (nSPS) is 15.0. The Hall–Kier alpha value is -2.09. The molecule has 0 bridgehead atoms. The maximum Gasteiger partial charge on any atom is 0.290 e. The number of benzene rings is 2. The number of carboxylic acid groups (broad SMARTS) is 1. The van der Waals surface area contributed by atoms with Crippen molar-refractivity contribution in [3.05, 3.63) is 64.3 Å². The van der Waals surface area contributed by atoms with E-state index in [-0.39, 0.29) is 18.1 Å². The molecule has 1 N–H and O–H groups in total. The number of nitrogens with zero attached hydrogens (tertiary/aromatic N) is 2. The van der Waals surface area contributed by atoms with Crippen molar-refractivity contribution >= 4 is 40.9 Å². The lowest BCUT2D eigenvalue weighted by Gasteiger charge is -2.31. The molecule has 8 heteroatoms. The quantitative estimate of drug-likeness (QED) is 0.352. The standard InChI is InChI=1S/C22H23ClF2N2S.CH2O2/c1-3-27-14(2)22(18-13-17(24)5-6-20(18)27)15-8-10-26(11-9-15)28-21-7-4-16(23)12-19(21)25;2-1-3/h4-7,12-13,15H,3,8-11H2,1-2H3;1H,(H,2,3). The van der Waals surface area contributed by atoms with E-state index in [1.165, 1.54) is 35.3 Å². The Morgan fingerprint density at radius 3 is 2.48 bits per heavy atom. The second-order valence-corrected chi connectivity index (χ2v) is 8.95. The van der Waals surface area contributed by atoms with E-state index < -0.39 is 0 Å². The zero-order chi connectivity index (χ0) is 22.5. The lowest BCUT2D eigenvalue weighted by molar-refractivity contribution is -0.122. The second-order valence-electron chi connectivity index (χ2n) is 7.38. The molecular weight excluding hydrogens is 442 g/mol. The fraction of sp³-hybridized carbons (Fsp3) is 0.348. The summed E-state index contributed by atoms with van der Waals surface area (Å²) in [7, 11) is 0. The molecule has 2 heterocycles. The van der Waals surface area contributed by atoms with Crippen molar-refractivity contribution in [2.45, 2.75) is 44.0 Å². The van der Waals surface area contributed by atoms with Crippen LogP contribution in [0.3, 0.4) is 0 Å². The van der Waals surface area contributed by atoms with Gasteiger partial charge in [0.05, 0.1) is 4.90 Å². The molecule has 0 spiro atoms. The van der Waals surface area contributed by atoms with E-state index in [9.17, 15) is 8.78 Å². The van der Waals surface area contributed by atoms with E-state index >= 15 is 0 Å². The van der Waals surface area contributed by atoms with Crippen LogP contribution in [0.25, 0.3) is 10.9 Å². The van der Waals surface area contributed by atoms with Gasteiger partial charge in [-0.15, -0.1) is 0 Å². The maximum atomic E-state index is 14.1. The van der Waals surface area contributed by atoms with E-state index in [0.29, 0.717) is 15.8 Å². The Morgan fingerprint density at radius 1 is 1.19 bits per heavy atom. The van der Waals surface area contributed by atoms with Gasteiger partial charge >= 0.3 is 0 Å². The Balaban J connectivity index is 0.000000858. The van der Waals surface area contributed by atoms with Crippen molar-refractivity contribution in [1.29, 1.82) is 0 Å². The van der Waals surface area contributed by atoms with Crippen LogP contribution < -0.4 is 0 Å². The fourth-order valence-corrected chi connectivity index (χ4v) is 5.43. The minimum atomic E-state index is -0.281. The zero-order valence-corrected chi connectivity index (χ0v) is 19.0. The molecule has 4 nitrogen and oxygen atoms in total. The van der Waals surface area contributed by atoms with Crippen molar-refractivity contribution in [3.63, 3.8) is 0 Å². The van der Waals surface area contributed by atoms with E-state index in [1.54, 1.807) is 18.2 Å². The number of rotatable bonds is 4. The van der Waals surface area contributed by atoms with Gasteiger partial charge in [0.25, 0.3) is 6.47 Å². The van der Waals surface area contributed by atoms with Crippen molar-refractivity contribution in [3.8, 4) is 0 Å². The maximum absolute atomic E-state index is 14.1. The molecule has 2 aromatic carbocycles. The van der Waals surface area contributed by atoms with Gasteiger partial charge in [0.1, 0.15) is 11.6 Å². The highest BCUT2D eigenvalue weighted by atomic mass is 35.5. The molecule has 0 radical (unpaired) electrons. The molecule has 1 fully saturated rings. The molecule has 1 aromatic heterocycles. The highest BCUT2D eigenvalue weighted by Gasteiger charge is 2.27. The molecule has 166 valence electrons. The van der Waals surface area contributed by atoms with Crippen LogP contribution >= 0.6 is 23.5 Å². The third-order valence-electron chi connectivity index (χ3n) is 5.63. The Kier molecular flexibility index (Phi) is 7.97. The summed E-state index contributed by atoms with van der Waals surface area (Å²) in [6, 6.07) is 9.91. The van der Waals surface area contributed by atoms with E-state index in [2.05, 4.69) is 22.7 Å². The monoisotopic (exact) mass is 466 g/mol. The minimum absolute atomic E-state index is 0.187. The molecule has 1 aliphatic rings. The number of fused-ring (bicyclic) bond motifs is 1. The van der Waals surface area contributed by atoms with Gasteiger partial charge < -0.3 is 9.67 Å². The third kappa shape index (κ3) is 5.22. The molecular formula is C23H25ClF2N2O2S. The summed E-state index contributed by atoms with van der Waals surface area (Å²) in [6.45, 7) is 6.62. The summed E-state index contributed by atoms with van der Waals surface area (Å²) in [5.74, 6) is -0.0748. The summed E-state index contributed by atoms with van der Waals surface area (Å²) < 4.78 is 32.5. The summed E-state index contributed by atoms with van der Waals surface area (Å²) in [5.41, 5.74) is 3.62. The smallest absolute Gasteiger partial charge is 0.290 e. The van der Waals surface area contributed by atoms with Gasteiger partial charge in [-0.05, 0) is 86.5 Å². The number of hydrogen-bond donors (Lipinski definition) is 1. The van der Waals surface area contributed by atoms with E-state index in [0.717, 1.165) is 43.4 Å². The number of aryl methyl sites for hydroxylation is 1. The molecule has 0 amide bonds. The average Bonchev–Trinajstić information content (AvgIpc) is 3.01. The summed E-state index contributed by atoms with van der Waals surface area (Å²) in [4.78, 5) is 8.96. The van der Waals surface area contributed by atoms with Gasteiger partial charge in [-0.3, -0.25) is 4.79 Å². The second kappa shape index (κ2) is 10.5. The van der Waals surface area contributed by atoms with Crippen LogP contribution in [0.1, 0.15) is 36.9 Å². The number of aromatic nitrogens is 1. The highest BCUT2D eigenvalue weighted by molar-refractivity contribution is 7.97. The van der Waals surface area contributed by atoms with Gasteiger partial charge in [-0.25, -0.2) is 13.1 Å².